The van der Waals surface area contributed by atoms with Gasteiger partial charge in [0, 0.05) is 0 Å². The minimum atomic E-state index is -1.78. The van der Waals surface area contributed by atoms with Gasteiger partial charge in [0.05, 0.1) is 0 Å². The van der Waals surface area contributed by atoms with E-state index in [2.05, 4.69) is 13.8 Å². The van der Waals surface area contributed by atoms with Gasteiger partial charge in [-0.2, -0.15) is 0 Å². The van der Waals surface area contributed by atoms with Crippen LogP contribution in [-0.2, 0) is 3.10 Å². The maximum absolute atomic E-state index is 11.3. The van der Waals surface area contributed by atoms with Crippen molar-refractivity contribution in [2.24, 2.45) is 0 Å². The van der Waals surface area contributed by atoms with Crippen LogP contribution >= 0.6 is 0 Å². The molecule has 0 saturated heterocycles. The van der Waals surface area contributed by atoms with E-state index in [1.165, 1.54) is 32.1 Å². The molecule has 0 aliphatic rings. The summed E-state index contributed by atoms with van der Waals surface area (Å²) in [5.74, 6) is 0. The van der Waals surface area contributed by atoms with E-state index >= 15 is 0 Å². The second kappa shape index (κ2) is 8.68. The van der Waals surface area contributed by atoms with Gasteiger partial charge in [-0.15, -0.1) is 0 Å². The first kappa shape index (κ1) is 11.6. The molecule has 0 spiro atoms. The summed E-state index contributed by atoms with van der Waals surface area (Å²) in [6.45, 7) is 4.36. The van der Waals surface area contributed by atoms with Gasteiger partial charge in [0.2, 0.25) is 0 Å². The van der Waals surface area contributed by atoms with Gasteiger partial charge < -0.3 is 0 Å². The fraction of sp³-hybridized carbons (Fsp3) is 1.00. The molecule has 0 heterocycles. The number of hydrogen-bond donors (Lipinski definition) is 0. The van der Waals surface area contributed by atoms with Gasteiger partial charge in [-0.25, -0.2) is 0 Å². The predicted molar refractivity (Wildman–Crippen MR) is 50.5 cm³/mol. The zero-order chi connectivity index (χ0) is 8.53. The number of hydrogen-bond acceptors (Lipinski definition) is 1. The Morgan fingerprint density at radius 1 is 0.909 bits per heavy atom. The molecule has 0 aromatic heterocycles. The normalized spacial score (nSPS) is 10.8. The van der Waals surface area contributed by atoms with Gasteiger partial charge >= 0.3 is 77.5 Å². The fourth-order valence-electron chi connectivity index (χ4n) is 0.920. The molecule has 0 rings (SSSR count). The Kier molecular flexibility index (Phi) is 9.15. The Hall–Kier alpha value is 0.590. The molecule has 0 saturated carbocycles. The summed E-state index contributed by atoms with van der Waals surface area (Å²) in [6.07, 6.45) is 6.12. The van der Waals surface area contributed by atoms with E-state index in [-0.39, 0.29) is 0 Å². The molecule has 0 aliphatic carbocycles. The van der Waals surface area contributed by atoms with Crippen molar-refractivity contribution in [3.8, 4) is 0 Å². The first-order valence-electron chi connectivity index (χ1n) is 4.66. The molecule has 0 fully saturated rings. The van der Waals surface area contributed by atoms with Gasteiger partial charge in [0.15, 0.2) is 0 Å². The van der Waals surface area contributed by atoms with Gasteiger partial charge in [0.1, 0.15) is 0 Å². The molecular formula is C9H20OTe. The van der Waals surface area contributed by atoms with Crippen LogP contribution in [0.5, 0.6) is 0 Å². The molecule has 0 aromatic rings. The summed E-state index contributed by atoms with van der Waals surface area (Å²) >= 11 is -1.78. The molecule has 1 nitrogen and oxygen atoms in total. The molecule has 0 aromatic carbocycles. The van der Waals surface area contributed by atoms with Crippen LogP contribution in [0, 0.1) is 0 Å². The number of unbranched alkanes of at least 4 members (excludes halogenated alkanes) is 3. The Bertz CT molecular complexity index is 102. The third-order valence-corrected chi connectivity index (χ3v) is 5.95. The second-order valence-corrected chi connectivity index (χ2v) is 7.75. The summed E-state index contributed by atoms with van der Waals surface area (Å²) < 4.78 is 13.5. The monoisotopic (exact) mass is 274 g/mol. The molecule has 0 radical (unpaired) electrons. The Morgan fingerprint density at radius 3 is 2.00 bits per heavy atom. The van der Waals surface area contributed by atoms with Crippen molar-refractivity contribution in [2.45, 2.75) is 54.9 Å². The third-order valence-electron chi connectivity index (χ3n) is 1.70. The molecular weight excluding hydrogens is 252 g/mol. The van der Waals surface area contributed by atoms with E-state index < -0.39 is 19.5 Å². The molecule has 0 unspecified atom stereocenters. The first-order chi connectivity index (χ1) is 5.31. The molecule has 0 amide bonds. The van der Waals surface area contributed by atoms with Crippen molar-refractivity contribution >= 4 is 19.5 Å². The fourth-order valence-corrected chi connectivity index (χ4v) is 4.75. The van der Waals surface area contributed by atoms with Crippen LogP contribution in [0.1, 0.15) is 46.0 Å². The van der Waals surface area contributed by atoms with Crippen LogP contribution in [0.3, 0.4) is 0 Å². The zero-order valence-corrected chi connectivity index (χ0v) is 10.1. The van der Waals surface area contributed by atoms with Crippen LogP contribution in [0.15, 0.2) is 0 Å². The summed E-state index contributed by atoms with van der Waals surface area (Å²) in [6, 6.07) is 0. The third kappa shape index (κ3) is 8.50. The van der Waals surface area contributed by atoms with Crippen LogP contribution in [-0.4, -0.2) is 19.5 Å². The van der Waals surface area contributed by atoms with Gasteiger partial charge in [-0.3, -0.25) is 0 Å². The van der Waals surface area contributed by atoms with Crippen molar-refractivity contribution in [2.75, 3.05) is 0 Å². The first-order valence-corrected chi connectivity index (χ1v) is 8.91. The topological polar surface area (TPSA) is 17.1 Å². The van der Waals surface area contributed by atoms with E-state index in [1.807, 2.05) is 0 Å². The zero-order valence-electron chi connectivity index (χ0n) is 7.77. The molecule has 0 N–H and O–H groups in total. The molecule has 11 heavy (non-hydrogen) atoms. The standard InChI is InChI=1S/C9H20OTe/c1-3-5-7-9-11(10)8-6-4-2/h3-9H2,1-2H3. The van der Waals surface area contributed by atoms with Crippen molar-refractivity contribution in [3.05, 3.63) is 0 Å². The Labute approximate surface area is 77.6 Å². The summed E-state index contributed by atoms with van der Waals surface area (Å²) in [5, 5.41) is 0. The summed E-state index contributed by atoms with van der Waals surface area (Å²) in [5.41, 5.74) is 0. The second-order valence-electron chi connectivity index (χ2n) is 2.91. The van der Waals surface area contributed by atoms with Gasteiger partial charge in [0.25, 0.3) is 0 Å². The maximum atomic E-state index is 11.3. The van der Waals surface area contributed by atoms with Gasteiger partial charge in [-0.1, -0.05) is 0 Å². The van der Waals surface area contributed by atoms with Crippen LogP contribution < -0.4 is 0 Å². The van der Waals surface area contributed by atoms with Crippen LogP contribution in [0.4, 0.5) is 0 Å². The van der Waals surface area contributed by atoms with Crippen LogP contribution in [0.2, 0.25) is 8.94 Å². The quantitative estimate of drug-likeness (QED) is 0.512. The van der Waals surface area contributed by atoms with E-state index in [1.54, 1.807) is 0 Å². The SMILES string of the molecule is CCCCC[Te](=O)CCCC. The van der Waals surface area contributed by atoms with E-state index in [0.29, 0.717) is 0 Å². The van der Waals surface area contributed by atoms with Crippen molar-refractivity contribution in [1.82, 2.24) is 0 Å². The predicted octanol–water partition coefficient (Wildman–Crippen LogP) is 3.40. The number of rotatable bonds is 7. The van der Waals surface area contributed by atoms with E-state index in [4.69, 9.17) is 0 Å². The van der Waals surface area contributed by atoms with Crippen molar-refractivity contribution in [3.63, 3.8) is 0 Å². The Morgan fingerprint density at radius 2 is 1.45 bits per heavy atom. The molecule has 0 atom stereocenters. The molecule has 2 heteroatoms. The molecule has 0 aliphatic heterocycles. The van der Waals surface area contributed by atoms with E-state index in [9.17, 15) is 3.10 Å². The molecule has 0 bridgehead atoms. The van der Waals surface area contributed by atoms with Gasteiger partial charge in [-0.05, 0) is 0 Å². The molecule has 68 valence electrons. The Balaban J connectivity index is 3.09. The average molecular weight is 272 g/mol. The average Bonchev–Trinajstić information content (AvgIpc) is 2.01. The minimum absolute atomic E-state index is 1.06. The van der Waals surface area contributed by atoms with Crippen LogP contribution in [0.25, 0.3) is 0 Å². The summed E-state index contributed by atoms with van der Waals surface area (Å²) in [7, 11) is 0. The summed E-state index contributed by atoms with van der Waals surface area (Å²) in [4.78, 5) is 0. The van der Waals surface area contributed by atoms with Crippen molar-refractivity contribution < 1.29 is 3.10 Å². The van der Waals surface area contributed by atoms with Crippen molar-refractivity contribution in [1.29, 1.82) is 0 Å². The van der Waals surface area contributed by atoms with E-state index in [0.717, 1.165) is 8.94 Å².